The molecule has 0 bridgehead atoms. The molecular formula is C23H27NO5. The summed E-state index contributed by atoms with van der Waals surface area (Å²) < 4.78 is 16.0. The van der Waals surface area contributed by atoms with E-state index in [-0.39, 0.29) is 18.3 Å². The second-order valence-corrected chi connectivity index (χ2v) is 6.22. The van der Waals surface area contributed by atoms with E-state index in [0.29, 0.717) is 35.9 Å². The standard InChI is InChI=1S/C23H27NO5/c1-5-24(6-2)23(26)16-29-19-10-8-18(9-11-19)22(25)12-7-17-13-20(27-3)15-21(14-17)28-4/h7-15H,5-6,16H2,1-4H3/b12-7+. The number of ether oxygens (including phenoxy) is 3. The number of hydrogen-bond donors (Lipinski definition) is 0. The maximum absolute atomic E-state index is 12.4. The Kier molecular flexibility index (Phi) is 8.27. The lowest BCUT2D eigenvalue weighted by Crippen LogP contribution is -2.34. The highest BCUT2D eigenvalue weighted by atomic mass is 16.5. The Labute approximate surface area is 171 Å². The number of carbonyl (C=O) groups is 2. The average molecular weight is 397 g/mol. The first-order valence-electron chi connectivity index (χ1n) is 9.46. The predicted molar refractivity (Wildman–Crippen MR) is 113 cm³/mol. The monoisotopic (exact) mass is 397 g/mol. The molecule has 29 heavy (non-hydrogen) atoms. The lowest BCUT2D eigenvalue weighted by Gasteiger charge is -2.18. The van der Waals surface area contributed by atoms with Gasteiger partial charge >= 0.3 is 0 Å². The summed E-state index contributed by atoms with van der Waals surface area (Å²) in [6.45, 7) is 5.13. The van der Waals surface area contributed by atoms with Crippen molar-refractivity contribution < 1.29 is 23.8 Å². The van der Waals surface area contributed by atoms with Gasteiger partial charge < -0.3 is 19.1 Å². The van der Waals surface area contributed by atoms with Gasteiger partial charge in [0.25, 0.3) is 5.91 Å². The highest BCUT2D eigenvalue weighted by molar-refractivity contribution is 6.06. The minimum atomic E-state index is -0.141. The Morgan fingerprint density at radius 2 is 1.48 bits per heavy atom. The van der Waals surface area contributed by atoms with E-state index in [9.17, 15) is 9.59 Å². The van der Waals surface area contributed by atoms with Crippen LogP contribution in [0.2, 0.25) is 0 Å². The van der Waals surface area contributed by atoms with Crippen molar-refractivity contribution in [1.82, 2.24) is 4.90 Å². The molecule has 0 heterocycles. The quantitative estimate of drug-likeness (QED) is 0.450. The molecule has 2 aromatic carbocycles. The summed E-state index contributed by atoms with van der Waals surface area (Å²) in [6, 6.07) is 12.1. The van der Waals surface area contributed by atoms with E-state index in [1.807, 2.05) is 26.0 Å². The lowest BCUT2D eigenvalue weighted by molar-refractivity contribution is -0.132. The second-order valence-electron chi connectivity index (χ2n) is 6.22. The molecule has 2 rings (SSSR count). The number of hydrogen-bond acceptors (Lipinski definition) is 5. The van der Waals surface area contributed by atoms with Gasteiger partial charge in [0.1, 0.15) is 17.2 Å². The van der Waals surface area contributed by atoms with Gasteiger partial charge in [-0.3, -0.25) is 9.59 Å². The topological polar surface area (TPSA) is 65.1 Å². The minimum Gasteiger partial charge on any atom is -0.497 e. The number of rotatable bonds is 10. The molecule has 154 valence electrons. The summed E-state index contributed by atoms with van der Waals surface area (Å²) in [5.74, 6) is 1.64. The van der Waals surface area contributed by atoms with E-state index in [1.54, 1.807) is 55.5 Å². The Bertz CT molecular complexity index is 832. The number of carbonyl (C=O) groups excluding carboxylic acids is 2. The van der Waals surface area contributed by atoms with Crippen molar-refractivity contribution in [3.05, 3.63) is 59.7 Å². The third-order valence-electron chi connectivity index (χ3n) is 4.42. The van der Waals surface area contributed by atoms with Gasteiger partial charge in [-0.25, -0.2) is 0 Å². The van der Waals surface area contributed by atoms with Gasteiger partial charge in [0.15, 0.2) is 12.4 Å². The van der Waals surface area contributed by atoms with Crippen LogP contribution in [0.1, 0.15) is 29.8 Å². The molecule has 0 atom stereocenters. The average Bonchev–Trinajstić information content (AvgIpc) is 2.76. The summed E-state index contributed by atoms with van der Waals surface area (Å²) in [7, 11) is 3.15. The summed E-state index contributed by atoms with van der Waals surface area (Å²) in [5, 5.41) is 0. The zero-order valence-corrected chi connectivity index (χ0v) is 17.3. The molecule has 0 aliphatic rings. The second kappa shape index (κ2) is 10.9. The molecular weight excluding hydrogens is 370 g/mol. The molecule has 0 radical (unpaired) electrons. The minimum absolute atomic E-state index is 0.0213. The summed E-state index contributed by atoms with van der Waals surface area (Å²) >= 11 is 0. The molecule has 0 aliphatic heterocycles. The normalized spacial score (nSPS) is 10.6. The lowest BCUT2D eigenvalue weighted by atomic mass is 10.1. The first-order chi connectivity index (χ1) is 14.0. The predicted octanol–water partition coefficient (Wildman–Crippen LogP) is 3.85. The SMILES string of the molecule is CCN(CC)C(=O)COc1ccc(C(=O)/C=C/c2cc(OC)cc(OC)c2)cc1. The Hall–Kier alpha value is -3.28. The molecule has 0 fully saturated rings. The number of methoxy groups -OCH3 is 2. The van der Waals surface area contributed by atoms with E-state index in [0.717, 1.165) is 5.56 Å². The van der Waals surface area contributed by atoms with E-state index >= 15 is 0 Å². The van der Waals surface area contributed by atoms with Crippen LogP contribution in [0.15, 0.2) is 48.5 Å². The summed E-state index contributed by atoms with van der Waals surface area (Å²) in [4.78, 5) is 26.1. The van der Waals surface area contributed by atoms with Crippen LogP contribution in [0.4, 0.5) is 0 Å². The molecule has 6 heteroatoms. The highest BCUT2D eigenvalue weighted by Crippen LogP contribution is 2.23. The molecule has 0 aliphatic carbocycles. The zero-order chi connectivity index (χ0) is 21.2. The molecule has 0 saturated carbocycles. The van der Waals surface area contributed by atoms with E-state index in [2.05, 4.69) is 0 Å². The molecule has 0 saturated heterocycles. The fourth-order valence-electron chi connectivity index (χ4n) is 2.72. The third-order valence-corrected chi connectivity index (χ3v) is 4.42. The van der Waals surface area contributed by atoms with Crippen LogP contribution in [-0.2, 0) is 4.79 Å². The molecule has 0 N–H and O–H groups in total. The first kappa shape index (κ1) is 22.0. The van der Waals surface area contributed by atoms with Crippen molar-refractivity contribution in [2.75, 3.05) is 33.9 Å². The van der Waals surface area contributed by atoms with Gasteiger partial charge in [0, 0.05) is 24.7 Å². The first-order valence-corrected chi connectivity index (χ1v) is 9.46. The maximum Gasteiger partial charge on any atom is 0.260 e. The number of nitrogens with zero attached hydrogens (tertiary/aromatic N) is 1. The van der Waals surface area contributed by atoms with E-state index in [4.69, 9.17) is 14.2 Å². The number of benzene rings is 2. The Balaban J connectivity index is 2.00. The van der Waals surface area contributed by atoms with Crippen molar-refractivity contribution in [3.8, 4) is 17.2 Å². The van der Waals surface area contributed by atoms with Gasteiger partial charge in [0.2, 0.25) is 0 Å². The van der Waals surface area contributed by atoms with Gasteiger partial charge in [-0.2, -0.15) is 0 Å². The summed E-state index contributed by atoms with van der Waals surface area (Å²) in [5.41, 5.74) is 1.32. The zero-order valence-electron chi connectivity index (χ0n) is 17.3. The number of allylic oxidation sites excluding steroid dienone is 1. The van der Waals surface area contributed by atoms with Gasteiger partial charge in [0.05, 0.1) is 14.2 Å². The van der Waals surface area contributed by atoms with Crippen molar-refractivity contribution in [2.45, 2.75) is 13.8 Å². The molecule has 1 amide bonds. The fraction of sp³-hybridized carbons (Fsp3) is 0.304. The molecule has 2 aromatic rings. The van der Waals surface area contributed by atoms with Crippen LogP contribution in [0.3, 0.4) is 0 Å². The van der Waals surface area contributed by atoms with Gasteiger partial charge in [-0.1, -0.05) is 6.08 Å². The van der Waals surface area contributed by atoms with E-state index < -0.39 is 0 Å². The smallest absolute Gasteiger partial charge is 0.260 e. The van der Waals surface area contributed by atoms with Crippen molar-refractivity contribution in [1.29, 1.82) is 0 Å². The summed E-state index contributed by atoms with van der Waals surface area (Å²) in [6.07, 6.45) is 3.20. The van der Waals surface area contributed by atoms with Crippen LogP contribution >= 0.6 is 0 Å². The molecule has 6 nitrogen and oxygen atoms in total. The highest BCUT2D eigenvalue weighted by Gasteiger charge is 2.10. The maximum atomic E-state index is 12.4. The van der Waals surface area contributed by atoms with Crippen LogP contribution in [0.25, 0.3) is 6.08 Å². The fourth-order valence-corrected chi connectivity index (χ4v) is 2.72. The third kappa shape index (κ3) is 6.38. The van der Waals surface area contributed by atoms with Crippen molar-refractivity contribution >= 4 is 17.8 Å². The van der Waals surface area contributed by atoms with Crippen LogP contribution in [0.5, 0.6) is 17.2 Å². The largest absolute Gasteiger partial charge is 0.497 e. The Morgan fingerprint density at radius 1 is 0.897 bits per heavy atom. The number of likely N-dealkylation sites (N-methyl/N-ethyl adjacent to an activating group) is 1. The van der Waals surface area contributed by atoms with E-state index in [1.165, 1.54) is 6.08 Å². The van der Waals surface area contributed by atoms with Gasteiger partial charge in [-0.05, 0) is 61.9 Å². The number of ketones is 1. The van der Waals surface area contributed by atoms with Gasteiger partial charge in [-0.15, -0.1) is 0 Å². The van der Waals surface area contributed by atoms with Crippen molar-refractivity contribution in [2.24, 2.45) is 0 Å². The van der Waals surface area contributed by atoms with Crippen molar-refractivity contribution in [3.63, 3.8) is 0 Å². The molecule has 0 unspecified atom stereocenters. The molecule has 0 aromatic heterocycles. The van der Waals surface area contributed by atoms with Crippen LogP contribution < -0.4 is 14.2 Å². The molecule has 0 spiro atoms. The Morgan fingerprint density at radius 3 is 2.00 bits per heavy atom. The van der Waals surface area contributed by atoms with Crippen LogP contribution in [-0.4, -0.2) is 50.5 Å². The van der Waals surface area contributed by atoms with Crippen LogP contribution in [0, 0.1) is 0 Å². The number of amides is 1.